The first-order valence-electron chi connectivity index (χ1n) is 30.5. The van der Waals surface area contributed by atoms with E-state index in [1.165, 1.54) is 18.2 Å². The summed E-state index contributed by atoms with van der Waals surface area (Å²) < 4.78 is 254. The summed E-state index contributed by atoms with van der Waals surface area (Å²) in [4.78, 5) is 8.69. The van der Waals surface area contributed by atoms with Gasteiger partial charge in [-0.1, -0.05) is 151 Å². The molecule has 0 N–H and O–H groups in total. The van der Waals surface area contributed by atoms with Crippen LogP contribution in [0.25, 0.3) is 109 Å². The van der Waals surface area contributed by atoms with Gasteiger partial charge in [0, 0.05) is 31.1 Å². The molecule has 0 radical (unpaired) electrons. The normalized spacial score (nSPS) is 18.6. The highest BCUT2D eigenvalue weighted by atomic mass is 32.1. The van der Waals surface area contributed by atoms with E-state index in [1.807, 2.05) is 0 Å². The van der Waals surface area contributed by atoms with Crippen molar-refractivity contribution >= 4 is 53.6 Å². The van der Waals surface area contributed by atoms with Crippen molar-refractivity contribution < 1.29 is 42.8 Å². The minimum atomic E-state index is -0.906. The van der Waals surface area contributed by atoms with Crippen LogP contribution < -0.4 is 0 Å². The zero-order chi connectivity index (χ0) is 61.4. The Bertz CT molecular complexity index is 4840. The highest BCUT2D eigenvalue weighted by Gasteiger charge is 2.17. The summed E-state index contributed by atoms with van der Waals surface area (Å²) in [6.07, 6.45) is 0.992. The number of nitrogens with zero attached hydrogens (tertiary/aromatic N) is 2. The lowest BCUT2D eigenvalue weighted by Crippen LogP contribution is -1.88. The molecule has 4 heteroatoms. The van der Waals surface area contributed by atoms with Crippen LogP contribution in [-0.4, -0.2) is 9.97 Å². The smallest absolute Gasteiger partial charge is 0.180 e. The second-order valence-electron chi connectivity index (χ2n) is 12.0. The lowest BCUT2D eigenvalue weighted by Gasteiger charge is -2.09. The molecule has 0 atom stereocenters. The second-order valence-corrected chi connectivity index (χ2v) is 13.0. The van der Waals surface area contributed by atoms with E-state index in [1.54, 1.807) is 0 Å². The van der Waals surface area contributed by atoms with E-state index in [2.05, 4.69) is 9.97 Å². The SMILES string of the molecule is [2H]c1c([2H])c([2H])c(-c2c([2H])c([2H])c(-c3c([2H])c([2H])c([2H])c(-c4ccc5oc6c(-c7c([2H])c([2H])c([2H])c(-c8c([2H])c([2H])c([2H])c(-c9c([2H])c([2H])c([2H])c%10c9sc9c([2H])c([2H])c([2H])c([2H])c9%10)c8[2H])c7[2H])ncnc6c5c4)c3[2H])c([2H])c2[2H])c([2H])c1[2H]. The molecule has 11 rings (SSSR count). The van der Waals surface area contributed by atoms with E-state index in [4.69, 9.17) is 38.7 Å². The van der Waals surface area contributed by atoms with Crippen LogP contribution in [0.1, 0.15) is 38.4 Å². The maximum atomic E-state index is 9.65. The molecule has 0 amide bonds. The van der Waals surface area contributed by atoms with Gasteiger partial charge in [0.25, 0.3) is 0 Å². The summed E-state index contributed by atoms with van der Waals surface area (Å²) in [6, 6.07) is -17.9. The van der Waals surface area contributed by atoms with Crippen LogP contribution in [0.3, 0.4) is 0 Å². The van der Waals surface area contributed by atoms with Crippen LogP contribution >= 0.6 is 11.3 Å². The second kappa shape index (κ2) is 13.3. The van der Waals surface area contributed by atoms with Gasteiger partial charge in [-0.15, -0.1) is 11.3 Å². The van der Waals surface area contributed by atoms with Crippen LogP contribution in [0.2, 0.25) is 0 Å². The monoisotopic (exact) mass is 760 g/mol. The summed E-state index contributed by atoms with van der Waals surface area (Å²) in [6.45, 7) is 0. The molecule has 0 fully saturated rings. The van der Waals surface area contributed by atoms with Gasteiger partial charge in [-0.05, 0) is 91.9 Å². The van der Waals surface area contributed by atoms with Crippen molar-refractivity contribution in [3.8, 4) is 66.9 Å². The Morgan fingerprint density at radius 3 is 1.82 bits per heavy atom. The highest BCUT2D eigenvalue weighted by molar-refractivity contribution is 7.26. The molecule has 0 unspecified atom stereocenters. The molecule has 56 heavy (non-hydrogen) atoms. The average molecular weight is 761 g/mol. The van der Waals surface area contributed by atoms with Crippen LogP contribution in [-0.2, 0) is 0 Å². The molecule has 3 nitrogen and oxygen atoms in total. The molecular weight excluding hydrogens is 701 g/mol. The number of fused-ring (bicyclic) bond motifs is 6. The molecule has 11 aromatic rings. The first-order chi connectivity index (χ1) is 39.4. The number of aromatic nitrogens is 2. The van der Waals surface area contributed by atoms with Crippen LogP contribution in [0.15, 0.2) is 198 Å². The van der Waals surface area contributed by atoms with Gasteiger partial charge in [0.1, 0.15) is 23.1 Å². The molecule has 0 saturated heterocycles. The maximum absolute atomic E-state index is 9.65. The number of rotatable bonds is 6. The van der Waals surface area contributed by atoms with E-state index in [0.717, 1.165) is 6.33 Å². The molecule has 262 valence electrons. The van der Waals surface area contributed by atoms with Crippen molar-refractivity contribution in [2.45, 2.75) is 0 Å². The van der Waals surface area contributed by atoms with Crippen molar-refractivity contribution in [1.29, 1.82) is 0 Å². The number of furan rings is 1. The molecule has 0 aliphatic carbocycles. The summed E-state index contributed by atoms with van der Waals surface area (Å²) in [7, 11) is 0. The lowest BCUT2D eigenvalue weighted by atomic mass is 9.96. The van der Waals surface area contributed by atoms with E-state index in [-0.39, 0.29) is 59.1 Å². The summed E-state index contributed by atoms with van der Waals surface area (Å²) in [5.74, 6) is 0. The lowest BCUT2D eigenvalue weighted by molar-refractivity contribution is 0.667. The fraction of sp³-hybridized carbons (Fsp3) is 0. The van der Waals surface area contributed by atoms with Gasteiger partial charge in [0.2, 0.25) is 0 Å². The highest BCUT2D eigenvalue weighted by Crippen LogP contribution is 2.41. The van der Waals surface area contributed by atoms with Gasteiger partial charge in [-0.2, -0.15) is 0 Å². The van der Waals surface area contributed by atoms with Crippen molar-refractivity contribution in [2.24, 2.45) is 0 Å². The first-order valence-corrected chi connectivity index (χ1v) is 17.3. The van der Waals surface area contributed by atoms with Gasteiger partial charge < -0.3 is 4.42 Å². The number of thiophene rings is 1. The minimum absolute atomic E-state index is 0.00947. The van der Waals surface area contributed by atoms with Gasteiger partial charge >= 0.3 is 0 Å². The molecule has 0 aliphatic rings. The Morgan fingerprint density at radius 1 is 0.446 bits per heavy atom. The number of hydrogen-bond donors (Lipinski definition) is 0. The van der Waals surface area contributed by atoms with E-state index < -0.39 is 219 Å². The fourth-order valence-electron chi connectivity index (χ4n) is 6.15. The third-order valence-electron chi connectivity index (χ3n) is 8.71. The molecule has 0 aliphatic heterocycles. The molecule has 3 aromatic heterocycles. The van der Waals surface area contributed by atoms with Gasteiger partial charge in [-0.25, -0.2) is 9.97 Å². The molecule has 0 spiro atoms. The van der Waals surface area contributed by atoms with Crippen molar-refractivity contribution in [1.82, 2.24) is 9.97 Å². The largest absolute Gasteiger partial charge is 0.452 e. The standard InChI is InChI=1S/C52H32N2OS/c1-2-10-33(11-3-1)34-22-24-35(25-23-34)36-12-6-13-37(28-36)40-26-27-47-46(31-40)50-51(55-47)49(53-32-54-50)42-17-8-15-39(30-42)38-14-7-16-41(29-38)43-19-9-20-45-44-18-4-5-21-48(44)56-52(43)45/h1-32H/i1D,2D,3D,4D,5D,6D,7D,8D,9D,10D,11D,12D,13D,14D,15D,16D,17D,18D,19D,20D,21D,22D,23D,24D,25D,28D,29D,30D. The molecule has 3 heterocycles. The summed E-state index contributed by atoms with van der Waals surface area (Å²) >= 11 is 0.685. The van der Waals surface area contributed by atoms with Gasteiger partial charge in [0.15, 0.2) is 5.58 Å². The Balaban J connectivity index is 1.10. The van der Waals surface area contributed by atoms with Gasteiger partial charge in [-0.3, -0.25) is 0 Å². The Labute approximate surface area is 367 Å². The summed E-state index contributed by atoms with van der Waals surface area (Å²) in [5, 5.41) is -0.273. The van der Waals surface area contributed by atoms with Crippen molar-refractivity contribution in [3.05, 3.63) is 194 Å². The molecule has 0 saturated carbocycles. The quantitative estimate of drug-likeness (QED) is 0.169. The van der Waals surface area contributed by atoms with Crippen LogP contribution in [0, 0.1) is 0 Å². The Morgan fingerprint density at radius 2 is 1.02 bits per heavy atom. The fourth-order valence-corrected chi connectivity index (χ4v) is 7.22. The van der Waals surface area contributed by atoms with E-state index >= 15 is 0 Å². The number of benzene rings is 8. The van der Waals surface area contributed by atoms with Crippen molar-refractivity contribution in [3.63, 3.8) is 0 Å². The van der Waals surface area contributed by atoms with Crippen molar-refractivity contribution in [2.75, 3.05) is 0 Å². The molecule has 0 bridgehead atoms. The Kier molecular flexibility index (Phi) is 3.53. The molecule has 8 aromatic carbocycles. The first kappa shape index (κ1) is 14.8. The minimum Gasteiger partial charge on any atom is -0.452 e. The summed E-state index contributed by atoms with van der Waals surface area (Å²) in [5.41, 5.74) is -6.48. The maximum Gasteiger partial charge on any atom is 0.180 e. The zero-order valence-electron chi connectivity index (χ0n) is 56.0. The van der Waals surface area contributed by atoms with E-state index in [0.29, 0.717) is 11.3 Å². The van der Waals surface area contributed by atoms with Crippen LogP contribution in [0.4, 0.5) is 0 Å². The topological polar surface area (TPSA) is 38.9 Å². The van der Waals surface area contributed by atoms with Gasteiger partial charge in [0.05, 0.1) is 38.4 Å². The zero-order valence-corrected chi connectivity index (χ0v) is 28.8. The molecular formula is C52H32N2OS. The predicted molar refractivity (Wildman–Crippen MR) is 235 cm³/mol. The predicted octanol–water partition coefficient (Wildman–Crippen LogP) is 14.7. The Hall–Kier alpha value is -7.14. The average Bonchev–Trinajstić information content (AvgIpc) is 2.12. The third kappa shape index (κ3) is 5.58. The van der Waals surface area contributed by atoms with Crippen LogP contribution in [0.5, 0.6) is 0 Å². The third-order valence-corrected chi connectivity index (χ3v) is 9.84. The number of hydrogen-bond acceptors (Lipinski definition) is 4. The van der Waals surface area contributed by atoms with E-state index in [9.17, 15) is 4.11 Å².